The zero-order valence-electron chi connectivity index (χ0n) is 18.6. The molecule has 10 heteroatoms. The third kappa shape index (κ3) is 4.60. The van der Waals surface area contributed by atoms with E-state index in [2.05, 4.69) is 34.1 Å². The Morgan fingerprint density at radius 2 is 2.12 bits per heavy atom. The predicted octanol–water partition coefficient (Wildman–Crippen LogP) is 2.98. The third-order valence-corrected chi connectivity index (χ3v) is 5.16. The molecular formula is C23H26N8O2. The van der Waals surface area contributed by atoms with E-state index in [1.807, 2.05) is 24.4 Å². The molecule has 6 N–H and O–H groups in total. The van der Waals surface area contributed by atoms with Gasteiger partial charge in [-0.05, 0) is 30.5 Å². The van der Waals surface area contributed by atoms with Crippen molar-refractivity contribution in [1.82, 2.24) is 10.3 Å². The number of pyridine rings is 1. The van der Waals surface area contributed by atoms with Gasteiger partial charge in [0, 0.05) is 11.1 Å². The number of nitrogen functional groups attached to an aromatic ring is 2. The van der Waals surface area contributed by atoms with Crippen molar-refractivity contribution in [2.45, 2.75) is 32.2 Å². The first kappa shape index (κ1) is 23.2. The SMILES string of the molecule is C=CCc1cc(C2N=C(NC#N)Nc3nc(N)c(C#N)c(N)c32)cc(OC)c1OCCCC. The summed E-state index contributed by atoms with van der Waals surface area (Å²) in [7, 11) is 1.57. The minimum absolute atomic E-state index is 0.0113. The van der Waals surface area contributed by atoms with Gasteiger partial charge < -0.3 is 26.3 Å². The van der Waals surface area contributed by atoms with Gasteiger partial charge in [-0.25, -0.2) is 9.98 Å². The highest BCUT2D eigenvalue weighted by Gasteiger charge is 2.31. The second-order valence-electron chi connectivity index (χ2n) is 7.31. The van der Waals surface area contributed by atoms with Gasteiger partial charge in [0.25, 0.3) is 0 Å². The molecular weight excluding hydrogens is 420 g/mol. The number of hydrogen-bond donors (Lipinski definition) is 4. The number of unbranched alkanes of at least 4 members (excludes halogenated alkanes) is 1. The fourth-order valence-electron chi connectivity index (χ4n) is 3.60. The van der Waals surface area contributed by atoms with E-state index in [1.165, 1.54) is 0 Å². The lowest BCUT2D eigenvalue weighted by Gasteiger charge is -2.27. The van der Waals surface area contributed by atoms with Crippen LogP contribution in [0.4, 0.5) is 17.3 Å². The summed E-state index contributed by atoms with van der Waals surface area (Å²) in [4.78, 5) is 8.89. The highest BCUT2D eigenvalue weighted by molar-refractivity contribution is 5.98. The molecule has 3 rings (SSSR count). The van der Waals surface area contributed by atoms with Gasteiger partial charge in [-0.2, -0.15) is 10.5 Å². The Morgan fingerprint density at radius 1 is 1.33 bits per heavy atom. The number of nitrogens with zero attached hydrogens (tertiary/aromatic N) is 4. The molecule has 2 aromatic rings. The van der Waals surface area contributed by atoms with Crippen molar-refractivity contribution >= 4 is 23.3 Å². The van der Waals surface area contributed by atoms with Gasteiger partial charge in [-0.3, -0.25) is 5.32 Å². The molecule has 33 heavy (non-hydrogen) atoms. The smallest absolute Gasteiger partial charge is 0.211 e. The van der Waals surface area contributed by atoms with E-state index in [1.54, 1.807) is 13.2 Å². The molecule has 0 saturated carbocycles. The van der Waals surface area contributed by atoms with Crippen LogP contribution in [0.3, 0.4) is 0 Å². The maximum absolute atomic E-state index is 9.52. The lowest BCUT2D eigenvalue weighted by atomic mass is 9.93. The maximum Gasteiger partial charge on any atom is 0.211 e. The van der Waals surface area contributed by atoms with E-state index in [4.69, 9.17) is 26.2 Å². The van der Waals surface area contributed by atoms with Crippen molar-refractivity contribution in [3.05, 3.63) is 47.0 Å². The van der Waals surface area contributed by atoms with E-state index in [0.717, 1.165) is 18.4 Å². The van der Waals surface area contributed by atoms with Gasteiger partial charge in [0.15, 0.2) is 17.7 Å². The fraction of sp³-hybridized carbons (Fsp3) is 0.304. The van der Waals surface area contributed by atoms with Crippen LogP contribution in [0, 0.1) is 22.8 Å². The average Bonchev–Trinajstić information content (AvgIpc) is 2.79. The minimum atomic E-state index is -0.681. The van der Waals surface area contributed by atoms with E-state index in [0.29, 0.717) is 41.5 Å². The van der Waals surface area contributed by atoms with E-state index < -0.39 is 6.04 Å². The molecule has 0 saturated heterocycles. The van der Waals surface area contributed by atoms with Crippen LogP contribution in [0.15, 0.2) is 29.8 Å². The maximum atomic E-state index is 9.52. The zero-order chi connectivity index (χ0) is 24.0. The quantitative estimate of drug-likeness (QED) is 0.206. The summed E-state index contributed by atoms with van der Waals surface area (Å²) in [5.74, 6) is 1.66. The van der Waals surface area contributed by atoms with E-state index in [-0.39, 0.29) is 23.0 Å². The number of anilines is 3. The second-order valence-corrected chi connectivity index (χ2v) is 7.31. The number of rotatable bonds is 8. The Morgan fingerprint density at radius 3 is 2.76 bits per heavy atom. The number of methoxy groups -OCH3 is 1. The number of benzene rings is 1. The molecule has 0 bridgehead atoms. The first-order chi connectivity index (χ1) is 16.0. The molecule has 2 heterocycles. The van der Waals surface area contributed by atoms with Crippen LogP contribution in [-0.2, 0) is 6.42 Å². The Kier molecular flexibility index (Phi) is 7.21. The largest absolute Gasteiger partial charge is 0.493 e. The topological polar surface area (TPSA) is 167 Å². The van der Waals surface area contributed by atoms with Crippen molar-refractivity contribution in [3.8, 4) is 23.8 Å². The molecule has 0 fully saturated rings. The standard InChI is InChI=1S/C23H26N8O2/c1-4-6-8-33-20-13(7-5-2)9-14(10-16(20)32-3)19-17-18(26)15(11-24)21(27)30-22(17)31-23(29-19)28-12-25/h5,9-10,19H,2,4,6-8H2,1,3H3,(H6,26,27,28,29,30,31). The summed E-state index contributed by atoms with van der Waals surface area (Å²) in [5.41, 5.74) is 14.6. The van der Waals surface area contributed by atoms with E-state index >= 15 is 0 Å². The van der Waals surface area contributed by atoms with Gasteiger partial charge >= 0.3 is 0 Å². The summed E-state index contributed by atoms with van der Waals surface area (Å²) >= 11 is 0. The Balaban J connectivity index is 2.22. The summed E-state index contributed by atoms with van der Waals surface area (Å²) in [5, 5.41) is 24.0. The lowest BCUT2D eigenvalue weighted by Crippen LogP contribution is -2.32. The number of hydrogen-bond acceptors (Lipinski definition) is 10. The van der Waals surface area contributed by atoms with Crippen LogP contribution in [0.2, 0.25) is 0 Å². The van der Waals surface area contributed by atoms with Crippen LogP contribution in [0.25, 0.3) is 0 Å². The van der Waals surface area contributed by atoms with Crippen molar-refractivity contribution in [2.75, 3.05) is 30.5 Å². The van der Waals surface area contributed by atoms with Crippen molar-refractivity contribution in [2.24, 2.45) is 4.99 Å². The molecule has 0 amide bonds. The minimum Gasteiger partial charge on any atom is -0.493 e. The first-order valence-corrected chi connectivity index (χ1v) is 10.4. The predicted molar refractivity (Wildman–Crippen MR) is 127 cm³/mol. The number of aliphatic imine (C=N–C) groups is 1. The summed E-state index contributed by atoms with van der Waals surface area (Å²) in [6, 6.07) is 5.06. The summed E-state index contributed by atoms with van der Waals surface area (Å²) in [6.07, 6.45) is 6.07. The number of nitrogens with two attached hydrogens (primary N) is 2. The molecule has 0 aliphatic carbocycles. The summed E-state index contributed by atoms with van der Waals surface area (Å²) < 4.78 is 11.7. The molecule has 1 aromatic heterocycles. The Hall–Kier alpha value is -4.44. The fourth-order valence-corrected chi connectivity index (χ4v) is 3.60. The molecule has 10 nitrogen and oxygen atoms in total. The number of nitrogens with one attached hydrogen (secondary N) is 2. The summed E-state index contributed by atoms with van der Waals surface area (Å²) in [6.45, 7) is 6.50. The molecule has 1 aromatic carbocycles. The van der Waals surface area contributed by atoms with Crippen LogP contribution >= 0.6 is 0 Å². The number of ether oxygens (including phenoxy) is 2. The number of aromatic nitrogens is 1. The van der Waals surface area contributed by atoms with Gasteiger partial charge in [0.05, 0.1) is 19.4 Å². The zero-order valence-corrected chi connectivity index (χ0v) is 18.6. The first-order valence-electron chi connectivity index (χ1n) is 10.4. The van der Waals surface area contributed by atoms with Gasteiger partial charge in [0.2, 0.25) is 5.96 Å². The van der Waals surface area contributed by atoms with Crippen molar-refractivity contribution < 1.29 is 9.47 Å². The highest BCUT2D eigenvalue weighted by Crippen LogP contribution is 2.43. The van der Waals surface area contributed by atoms with Crippen LogP contribution in [-0.4, -0.2) is 24.7 Å². The van der Waals surface area contributed by atoms with Crippen molar-refractivity contribution in [3.63, 3.8) is 0 Å². The molecule has 1 aliphatic heterocycles. The Labute approximate surface area is 192 Å². The molecule has 0 radical (unpaired) electrons. The van der Waals surface area contributed by atoms with Crippen LogP contribution in [0.5, 0.6) is 11.5 Å². The number of allylic oxidation sites excluding steroid dienone is 1. The normalized spacial score (nSPS) is 14.1. The third-order valence-electron chi connectivity index (χ3n) is 5.16. The average molecular weight is 447 g/mol. The molecule has 1 atom stereocenters. The molecule has 1 unspecified atom stereocenters. The monoisotopic (exact) mass is 446 g/mol. The number of nitriles is 2. The number of fused-ring (bicyclic) bond motifs is 1. The molecule has 1 aliphatic rings. The van der Waals surface area contributed by atoms with Crippen LogP contribution in [0.1, 0.15) is 48.1 Å². The van der Waals surface area contributed by atoms with Gasteiger partial charge in [-0.1, -0.05) is 19.4 Å². The van der Waals surface area contributed by atoms with Crippen molar-refractivity contribution in [1.29, 1.82) is 10.5 Å². The lowest BCUT2D eigenvalue weighted by molar-refractivity contribution is 0.285. The van der Waals surface area contributed by atoms with E-state index in [9.17, 15) is 5.26 Å². The van der Waals surface area contributed by atoms with Gasteiger partial charge in [0.1, 0.15) is 29.3 Å². The van der Waals surface area contributed by atoms with Gasteiger partial charge in [-0.15, -0.1) is 6.58 Å². The number of guanidine groups is 1. The molecule has 0 spiro atoms. The van der Waals surface area contributed by atoms with Crippen LogP contribution < -0.4 is 31.6 Å². The Bertz CT molecular complexity index is 1180. The second kappa shape index (κ2) is 10.2. The highest BCUT2D eigenvalue weighted by atomic mass is 16.5. The molecule has 170 valence electrons.